The predicted molar refractivity (Wildman–Crippen MR) is 183 cm³/mol. The summed E-state index contributed by atoms with van der Waals surface area (Å²) < 4.78 is 67.7. The molecule has 0 heterocycles. The molecule has 4 aromatic rings. The van der Waals surface area contributed by atoms with Crippen molar-refractivity contribution in [3.8, 4) is 11.5 Å². The van der Waals surface area contributed by atoms with Crippen LogP contribution in [0, 0.1) is 13.8 Å². The highest BCUT2D eigenvalue weighted by atomic mass is 32.3. The maximum Gasteiger partial charge on any atom is 0.303 e. The number of nitrogens with zero attached hydrogens (tertiary/aromatic N) is 1. The summed E-state index contributed by atoms with van der Waals surface area (Å²) in [7, 11) is -7.63. The molecule has 0 radical (unpaired) electrons. The van der Waals surface area contributed by atoms with Crippen LogP contribution in [0.15, 0.2) is 107 Å². The Bertz CT molecular complexity index is 1830. The van der Waals surface area contributed by atoms with Gasteiger partial charge in [0.25, 0.3) is 20.0 Å². The summed E-state index contributed by atoms with van der Waals surface area (Å²) in [6, 6.07) is 23.8. The minimum atomic E-state index is -4.63. The van der Waals surface area contributed by atoms with E-state index in [-0.39, 0.29) is 28.3 Å². The summed E-state index contributed by atoms with van der Waals surface area (Å²) in [4.78, 5) is 11.1. The minimum Gasteiger partial charge on any atom is -0.497 e. The number of anilines is 1. The van der Waals surface area contributed by atoms with Gasteiger partial charge in [-0.2, -0.15) is 3.71 Å². The van der Waals surface area contributed by atoms with Crippen LogP contribution in [-0.4, -0.2) is 41.6 Å². The number of carboxylic acids is 1. The van der Waals surface area contributed by atoms with Crippen molar-refractivity contribution in [2.75, 3.05) is 17.4 Å². The second kappa shape index (κ2) is 15.8. The van der Waals surface area contributed by atoms with E-state index in [0.717, 1.165) is 35.3 Å². The van der Waals surface area contributed by atoms with Gasteiger partial charge in [0.15, 0.2) is 0 Å². The zero-order chi connectivity index (χ0) is 34.0. The number of carboxylic acid groups (broad SMARTS) is 1. The Morgan fingerprint density at radius 1 is 0.787 bits per heavy atom. The first-order valence-electron chi connectivity index (χ1n) is 15.1. The number of aryl methyl sites for hydroxylation is 3. The van der Waals surface area contributed by atoms with Crippen molar-refractivity contribution < 1.29 is 36.2 Å². The monoisotopic (exact) mass is 677 g/mol. The molecule has 0 saturated carbocycles. The Labute approximate surface area is 277 Å². The molecule has 248 valence electrons. The van der Waals surface area contributed by atoms with Crippen LogP contribution in [0.5, 0.6) is 11.5 Å². The Kier molecular flexibility index (Phi) is 11.8. The molecule has 11 heteroatoms. The summed E-state index contributed by atoms with van der Waals surface area (Å²) >= 11 is 0. The van der Waals surface area contributed by atoms with E-state index >= 15 is 0 Å². The summed E-state index contributed by atoms with van der Waals surface area (Å²) in [5.74, 6) is 0.106. The summed E-state index contributed by atoms with van der Waals surface area (Å²) in [5.41, 5.74) is 2.91. The predicted octanol–water partition coefficient (Wildman–Crippen LogP) is 7.18. The molecule has 0 spiro atoms. The highest BCUT2D eigenvalue weighted by molar-refractivity contribution is 8.10. The lowest BCUT2D eigenvalue weighted by molar-refractivity contribution is -0.136. The third kappa shape index (κ3) is 9.24. The lowest BCUT2D eigenvalue weighted by atomic mass is 10.1. The second-order valence-corrected chi connectivity index (χ2v) is 14.8. The lowest BCUT2D eigenvalue weighted by Gasteiger charge is -2.25. The molecule has 0 aliphatic rings. The molecule has 4 rings (SSSR count). The van der Waals surface area contributed by atoms with Gasteiger partial charge in [0.1, 0.15) is 11.5 Å². The molecule has 0 amide bonds. The fourth-order valence-corrected chi connectivity index (χ4v) is 8.43. The molecule has 0 aliphatic heterocycles. The Hall–Kier alpha value is -4.61. The van der Waals surface area contributed by atoms with E-state index in [1.165, 1.54) is 42.5 Å². The standard InChI is InChI=1S/C36H39NO8S2/c1-27-9-19-33(20-10-27)46(40,41)37(47(42,43)34-21-11-28(2)12-22-34)31-16-23-35(30(26-31)15-24-36(38)39)45-25-7-5-4-6-8-29-13-17-32(44-3)18-14-29/h6,8-14,16-23,26H,4-5,7,15,24-25H2,1-3H3,(H,38,39). The van der Waals surface area contributed by atoms with E-state index in [1.54, 1.807) is 45.2 Å². The highest BCUT2D eigenvalue weighted by Crippen LogP contribution is 2.35. The number of methoxy groups -OCH3 is 1. The van der Waals surface area contributed by atoms with Gasteiger partial charge in [-0.1, -0.05) is 59.7 Å². The van der Waals surface area contributed by atoms with Gasteiger partial charge >= 0.3 is 5.97 Å². The molecule has 0 atom stereocenters. The largest absolute Gasteiger partial charge is 0.497 e. The lowest BCUT2D eigenvalue weighted by Crippen LogP contribution is -2.37. The van der Waals surface area contributed by atoms with Crippen LogP contribution in [0.1, 0.15) is 47.9 Å². The Morgan fingerprint density at radius 3 is 1.89 bits per heavy atom. The SMILES string of the molecule is COc1ccc(C=CCCCCOc2ccc(N(S(=O)(=O)c3ccc(C)cc3)S(=O)(=O)c3ccc(C)cc3)cc2CCC(=O)O)cc1. The van der Waals surface area contributed by atoms with Crippen molar-refractivity contribution in [1.29, 1.82) is 0 Å². The van der Waals surface area contributed by atoms with Crippen LogP contribution in [0.25, 0.3) is 6.08 Å². The molecule has 0 bridgehead atoms. The fourth-order valence-electron chi connectivity index (χ4n) is 4.76. The number of aliphatic carboxylic acids is 1. The van der Waals surface area contributed by atoms with E-state index in [1.807, 2.05) is 30.3 Å². The molecule has 0 aromatic heterocycles. The zero-order valence-corrected chi connectivity index (χ0v) is 28.3. The van der Waals surface area contributed by atoms with Gasteiger partial charge in [-0.05, 0) is 105 Å². The molecule has 9 nitrogen and oxygen atoms in total. The first-order chi connectivity index (χ1) is 22.4. The molecule has 0 aliphatic carbocycles. The molecule has 0 saturated heterocycles. The molecule has 0 fully saturated rings. The number of ether oxygens (including phenoxy) is 2. The number of carbonyl (C=O) groups is 1. The van der Waals surface area contributed by atoms with Crippen molar-refractivity contribution in [2.45, 2.75) is 55.7 Å². The van der Waals surface area contributed by atoms with Crippen molar-refractivity contribution >= 4 is 37.8 Å². The van der Waals surface area contributed by atoms with Crippen LogP contribution < -0.4 is 13.2 Å². The van der Waals surface area contributed by atoms with Crippen LogP contribution in [-0.2, 0) is 31.3 Å². The molecular weight excluding hydrogens is 639 g/mol. The van der Waals surface area contributed by atoms with Crippen molar-refractivity contribution in [2.24, 2.45) is 0 Å². The van der Waals surface area contributed by atoms with E-state index in [0.29, 0.717) is 28.1 Å². The third-order valence-electron chi connectivity index (χ3n) is 7.39. The Morgan fingerprint density at radius 2 is 1.36 bits per heavy atom. The number of benzene rings is 4. The smallest absolute Gasteiger partial charge is 0.303 e. The minimum absolute atomic E-state index is 0.00606. The quantitative estimate of drug-likeness (QED) is 0.124. The van der Waals surface area contributed by atoms with Gasteiger partial charge in [-0.15, -0.1) is 0 Å². The van der Waals surface area contributed by atoms with Gasteiger partial charge < -0.3 is 14.6 Å². The fraction of sp³-hybridized carbons (Fsp3) is 0.250. The van der Waals surface area contributed by atoms with Gasteiger partial charge in [-0.3, -0.25) is 4.79 Å². The molecule has 4 aromatic carbocycles. The second-order valence-electron chi connectivity index (χ2n) is 11.0. The summed E-state index contributed by atoms with van der Waals surface area (Å²) in [6.07, 6.45) is 6.23. The zero-order valence-electron chi connectivity index (χ0n) is 26.6. The first kappa shape index (κ1) is 35.2. The molecular formula is C36H39NO8S2. The van der Waals surface area contributed by atoms with Gasteiger partial charge in [0.2, 0.25) is 0 Å². The van der Waals surface area contributed by atoms with Crippen LogP contribution >= 0.6 is 0 Å². The van der Waals surface area contributed by atoms with Gasteiger partial charge in [0.05, 0.1) is 29.2 Å². The number of allylic oxidation sites excluding steroid dienone is 1. The van der Waals surface area contributed by atoms with Crippen molar-refractivity contribution in [3.63, 3.8) is 0 Å². The topological polar surface area (TPSA) is 127 Å². The van der Waals surface area contributed by atoms with Gasteiger partial charge in [0, 0.05) is 6.42 Å². The number of hydrogen-bond donors (Lipinski definition) is 1. The van der Waals surface area contributed by atoms with Gasteiger partial charge in [-0.25, -0.2) is 16.8 Å². The van der Waals surface area contributed by atoms with E-state index in [4.69, 9.17) is 9.47 Å². The highest BCUT2D eigenvalue weighted by Gasteiger charge is 2.37. The van der Waals surface area contributed by atoms with E-state index in [2.05, 4.69) is 6.08 Å². The first-order valence-corrected chi connectivity index (χ1v) is 18.0. The third-order valence-corrected chi connectivity index (χ3v) is 11.6. The number of hydrogen-bond acceptors (Lipinski definition) is 7. The molecule has 47 heavy (non-hydrogen) atoms. The Balaban J connectivity index is 1.59. The number of sulfonamides is 2. The summed E-state index contributed by atoms with van der Waals surface area (Å²) in [5, 5.41) is 9.39. The molecule has 0 unspecified atom stereocenters. The van der Waals surface area contributed by atoms with Crippen LogP contribution in [0.4, 0.5) is 5.69 Å². The average molecular weight is 678 g/mol. The maximum atomic E-state index is 14.0. The van der Waals surface area contributed by atoms with Crippen LogP contribution in [0.3, 0.4) is 0 Å². The van der Waals surface area contributed by atoms with E-state index < -0.39 is 26.0 Å². The summed E-state index contributed by atoms with van der Waals surface area (Å²) in [6.45, 7) is 3.93. The average Bonchev–Trinajstić information content (AvgIpc) is 3.04. The van der Waals surface area contributed by atoms with E-state index in [9.17, 15) is 26.7 Å². The van der Waals surface area contributed by atoms with Crippen molar-refractivity contribution in [1.82, 2.24) is 0 Å². The van der Waals surface area contributed by atoms with Crippen LogP contribution in [0.2, 0.25) is 0 Å². The molecule has 1 N–H and O–H groups in total. The number of rotatable bonds is 16. The normalized spacial score (nSPS) is 11.8. The van der Waals surface area contributed by atoms with Crippen molar-refractivity contribution in [3.05, 3.63) is 119 Å². The maximum absolute atomic E-state index is 14.0. The number of unbranched alkanes of at least 4 members (excludes halogenated alkanes) is 2.